The van der Waals surface area contributed by atoms with Crippen molar-refractivity contribution in [2.24, 2.45) is 0 Å². The lowest BCUT2D eigenvalue weighted by molar-refractivity contribution is 0.249. The molecular weight excluding hydrogens is 346 g/mol. The number of carbonyl (C=O) groups is 1. The molecule has 2 aromatic rings. The van der Waals surface area contributed by atoms with Crippen LogP contribution in [-0.4, -0.2) is 25.7 Å². The number of rotatable bonds is 5. The summed E-state index contributed by atoms with van der Waals surface area (Å²) in [5.41, 5.74) is 2.98. The molecular formula is C21H26ClN3O. The normalized spacial score (nSPS) is 14.3. The van der Waals surface area contributed by atoms with Gasteiger partial charge in [0.25, 0.3) is 0 Å². The van der Waals surface area contributed by atoms with Crippen molar-refractivity contribution in [2.75, 3.05) is 29.9 Å². The molecule has 1 aliphatic heterocycles. The Morgan fingerprint density at radius 1 is 1.04 bits per heavy atom. The van der Waals surface area contributed by atoms with E-state index in [2.05, 4.69) is 41.5 Å². The van der Waals surface area contributed by atoms with Gasteiger partial charge in [0.15, 0.2) is 0 Å². The molecule has 1 aliphatic rings. The Balaban J connectivity index is 1.52. The van der Waals surface area contributed by atoms with Crippen molar-refractivity contribution in [2.45, 2.75) is 32.1 Å². The summed E-state index contributed by atoms with van der Waals surface area (Å²) in [5, 5.41) is 6.58. The molecule has 26 heavy (non-hydrogen) atoms. The summed E-state index contributed by atoms with van der Waals surface area (Å²) in [5.74, 6) is 0. The second-order valence-electron chi connectivity index (χ2n) is 7.44. The van der Waals surface area contributed by atoms with E-state index in [1.807, 2.05) is 36.4 Å². The van der Waals surface area contributed by atoms with Crippen molar-refractivity contribution in [3.8, 4) is 0 Å². The topological polar surface area (TPSA) is 44.4 Å². The molecule has 1 fully saturated rings. The minimum absolute atomic E-state index is 0.179. The SMILES string of the molecule is CC(C)(CNC(=O)Nc1ccc(N2CCCC2)cc1)c1ccc(Cl)cc1. The monoisotopic (exact) mass is 371 g/mol. The number of nitrogens with one attached hydrogen (secondary N) is 2. The van der Waals surface area contributed by atoms with Gasteiger partial charge in [0, 0.05) is 41.4 Å². The first-order valence-corrected chi connectivity index (χ1v) is 9.48. The zero-order chi connectivity index (χ0) is 18.6. The maximum atomic E-state index is 12.2. The number of amides is 2. The highest BCUT2D eigenvalue weighted by Gasteiger charge is 2.21. The second-order valence-corrected chi connectivity index (χ2v) is 7.88. The molecule has 1 saturated heterocycles. The molecule has 2 amide bonds. The lowest BCUT2D eigenvalue weighted by atomic mass is 9.85. The molecule has 4 nitrogen and oxygen atoms in total. The van der Waals surface area contributed by atoms with Crippen LogP contribution in [0.3, 0.4) is 0 Å². The number of nitrogens with zero attached hydrogens (tertiary/aromatic N) is 1. The van der Waals surface area contributed by atoms with E-state index in [1.165, 1.54) is 18.5 Å². The number of anilines is 2. The predicted molar refractivity (Wildman–Crippen MR) is 109 cm³/mol. The van der Waals surface area contributed by atoms with E-state index in [4.69, 9.17) is 11.6 Å². The van der Waals surface area contributed by atoms with Crippen LogP contribution in [-0.2, 0) is 5.41 Å². The molecule has 3 rings (SSSR count). The van der Waals surface area contributed by atoms with Gasteiger partial charge in [-0.1, -0.05) is 37.6 Å². The number of halogens is 1. The van der Waals surface area contributed by atoms with Crippen molar-refractivity contribution in [3.05, 3.63) is 59.1 Å². The van der Waals surface area contributed by atoms with Gasteiger partial charge in [-0.2, -0.15) is 0 Å². The van der Waals surface area contributed by atoms with E-state index in [0.717, 1.165) is 24.3 Å². The first kappa shape index (κ1) is 18.6. The number of urea groups is 1. The molecule has 0 aliphatic carbocycles. The van der Waals surface area contributed by atoms with E-state index >= 15 is 0 Å². The molecule has 0 atom stereocenters. The predicted octanol–water partition coefficient (Wildman–Crippen LogP) is 5.04. The number of hydrogen-bond acceptors (Lipinski definition) is 2. The van der Waals surface area contributed by atoms with E-state index in [1.54, 1.807) is 0 Å². The maximum Gasteiger partial charge on any atom is 0.319 e. The zero-order valence-corrected chi connectivity index (χ0v) is 16.1. The Morgan fingerprint density at radius 3 is 2.27 bits per heavy atom. The van der Waals surface area contributed by atoms with Crippen LogP contribution in [0.15, 0.2) is 48.5 Å². The maximum absolute atomic E-state index is 12.2. The van der Waals surface area contributed by atoms with Crippen LogP contribution in [0, 0.1) is 0 Å². The van der Waals surface area contributed by atoms with Gasteiger partial charge in [0.05, 0.1) is 0 Å². The van der Waals surface area contributed by atoms with Crippen molar-refractivity contribution in [3.63, 3.8) is 0 Å². The van der Waals surface area contributed by atoms with Gasteiger partial charge in [0.1, 0.15) is 0 Å². The van der Waals surface area contributed by atoms with Crippen LogP contribution in [0.2, 0.25) is 5.02 Å². The highest BCUT2D eigenvalue weighted by Crippen LogP contribution is 2.24. The molecule has 0 bridgehead atoms. The van der Waals surface area contributed by atoms with Crippen molar-refractivity contribution < 1.29 is 4.79 Å². The van der Waals surface area contributed by atoms with Gasteiger partial charge >= 0.3 is 6.03 Å². The smallest absolute Gasteiger partial charge is 0.319 e. The minimum atomic E-state index is -0.194. The third-order valence-corrected chi connectivity index (χ3v) is 5.16. The van der Waals surface area contributed by atoms with Gasteiger partial charge in [0.2, 0.25) is 0 Å². The molecule has 1 heterocycles. The Labute approximate surface area is 160 Å². The van der Waals surface area contributed by atoms with Crippen LogP contribution >= 0.6 is 11.6 Å². The molecule has 0 aromatic heterocycles. The minimum Gasteiger partial charge on any atom is -0.372 e. The second kappa shape index (κ2) is 8.00. The highest BCUT2D eigenvalue weighted by atomic mass is 35.5. The van der Waals surface area contributed by atoms with Crippen molar-refractivity contribution >= 4 is 29.0 Å². The van der Waals surface area contributed by atoms with Gasteiger partial charge in [-0.3, -0.25) is 0 Å². The average molecular weight is 372 g/mol. The molecule has 138 valence electrons. The number of hydrogen-bond donors (Lipinski definition) is 2. The highest BCUT2D eigenvalue weighted by molar-refractivity contribution is 6.30. The van der Waals surface area contributed by atoms with Crippen LogP contribution in [0.25, 0.3) is 0 Å². The van der Waals surface area contributed by atoms with E-state index in [9.17, 15) is 4.79 Å². The van der Waals surface area contributed by atoms with Crippen LogP contribution < -0.4 is 15.5 Å². The molecule has 0 saturated carbocycles. The summed E-state index contributed by atoms with van der Waals surface area (Å²) in [6.07, 6.45) is 2.51. The summed E-state index contributed by atoms with van der Waals surface area (Å²) in [4.78, 5) is 14.6. The first-order valence-electron chi connectivity index (χ1n) is 9.10. The fourth-order valence-corrected chi connectivity index (χ4v) is 3.34. The molecule has 2 N–H and O–H groups in total. The third kappa shape index (κ3) is 4.70. The van der Waals surface area contributed by atoms with E-state index in [-0.39, 0.29) is 11.4 Å². The van der Waals surface area contributed by atoms with Crippen LogP contribution in [0.4, 0.5) is 16.2 Å². The number of carbonyl (C=O) groups excluding carboxylic acids is 1. The fourth-order valence-electron chi connectivity index (χ4n) is 3.21. The lowest BCUT2D eigenvalue weighted by Gasteiger charge is -2.26. The van der Waals surface area contributed by atoms with Crippen LogP contribution in [0.5, 0.6) is 0 Å². The third-order valence-electron chi connectivity index (χ3n) is 4.91. The standard InChI is InChI=1S/C21H26ClN3O/c1-21(2,16-5-7-17(22)8-6-16)15-23-20(26)24-18-9-11-19(12-10-18)25-13-3-4-14-25/h5-12H,3-4,13-15H2,1-2H3,(H2,23,24,26). The van der Waals surface area contributed by atoms with Crippen molar-refractivity contribution in [1.29, 1.82) is 0 Å². The van der Waals surface area contributed by atoms with Gasteiger partial charge in [-0.25, -0.2) is 4.79 Å². The summed E-state index contributed by atoms with van der Waals surface area (Å²) >= 11 is 5.95. The van der Waals surface area contributed by atoms with Crippen LogP contribution in [0.1, 0.15) is 32.3 Å². The largest absolute Gasteiger partial charge is 0.372 e. The summed E-state index contributed by atoms with van der Waals surface area (Å²) in [6, 6.07) is 15.6. The van der Waals surface area contributed by atoms with E-state index in [0.29, 0.717) is 11.6 Å². The molecule has 0 radical (unpaired) electrons. The van der Waals surface area contributed by atoms with Gasteiger partial charge < -0.3 is 15.5 Å². The van der Waals surface area contributed by atoms with E-state index < -0.39 is 0 Å². The van der Waals surface area contributed by atoms with Gasteiger partial charge in [-0.15, -0.1) is 0 Å². The summed E-state index contributed by atoms with van der Waals surface area (Å²) < 4.78 is 0. The molecule has 0 spiro atoms. The Hall–Kier alpha value is -2.20. The quantitative estimate of drug-likeness (QED) is 0.773. The van der Waals surface area contributed by atoms with Crippen molar-refractivity contribution in [1.82, 2.24) is 5.32 Å². The fraction of sp³-hybridized carbons (Fsp3) is 0.381. The Morgan fingerprint density at radius 2 is 1.65 bits per heavy atom. The summed E-state index contributed by atoms with van der Waals surface area (Å²) in [7, 11) is 0. The number of benzene rings is 2. The van der Waals surface area contributed by atoms with Gasteiger partial charge in [-0.05, 0) is 54.8 Å². The Bertz CT molecular complexity index is 735. The lowest BCUT2D eigenvalue weighted by Crippen LogP contribution is -2.38. The Kier molecular flexibility index (Phi) is 5.72. The zero-order valence-electron chi connectivity index (χ0n) is 15.4. The average Bonchev–Trinajstić information content (AvgIpc) is 3.16. The molecule has 5 heteroatoms. The molecule has 2 aromatic carbocycles. The molecule has 0 unspecified atom stereocenters. The summed E-state index contributed by atoms with van der Waals surface area (Å²) in [6.45, 7) is 6.97. The first-order chi connectivity index (χ1) is 12.4.